The first kappa shape index (κ1) is 23.9. The molecule has 3 heteroatoms. The summed E-state index contributed by atoms with van der Waals surface area (Å²) in [7, 11) is 0. The van der Waals surface area contributed by atoms with Crippen molar-refractivity contribution in [3.8, 4) is 0 Å². The fourth-order valence-electron chi connectivity index (χ4n) is 10.8. The molecular weight excluding hydrogens is 408 g/mol. The molecule has 0 aliphatic heterocycles. The molecule has 186 valence electrons. The predicted molar refractivity (Wildman–Crippen MR) is 133 cm³/mol. The second kappa shape index (κ2) is 7.11. The molecule has 0 heterocycles. The van der Waals surface area contributed by atoms with Gasteiger partial charge in [0.1, 0.15) is 0 Å². The van der Waals surface area contributed by atoms with Gasteiger partial charge in [0.05, 0.1) is 11.5 Å². The summed E-state index contributed by atoms with van der Waals surface area (Å²) in [6.07, 6.45) is 11.6. The summed E-state index contributed by atoms with van der Waals surface area (Å²) < 4.78 is 0. The van der Waals surface area contributed by atoms with Crippen LogP contribution >= 0.6 is 0 Å². The number of aliphatic carboxylic acids is 1. The summed E-state index contributed by atoms with van der Waals surface area (Å²) in [6.45, 7) is 17.0. The Hall–Kier alpha value is -0.830. The first-order valence-corrected chi connectivity index (χ1v) is 13.9. The number of allylic oxidation sites excluding steroid dienone is 2. The highest BCUT2D eigenvalue weighted by atomic mass is 16.4. The monoisotopic (exact) mass is 456 g/mol. The van der Waals surface area contributed by atoms with E-state index in [1.807, 2.05) is 0 Å². The van der Waals surface area contributed by atoms with Crippen molar-refractivity contribution in [3.63, 3.8) is 0 Å². The van der Waals surface area contributed by atoms with E-state index in [9.17, 15) is 15.0 Å². The Morgan fingerprint density at radius 1 is 0.909 bits per heavy atom. The fourth-order valence-corrected chi connectivity index (χ4v) is 10.8. The summed E-state index contributed by atoms with van der Waals surface area (Å²) in [5.41, 5.74) is 1.46. The van der Waals surface area contributed by atoms with Crippen LogP contribution in [0.1, 0.15) is 106 Å². The van der Waals surface area contributed by atoms with E-state index in [-0.39, 0.29) is 33.7 Å². The van der Waals surface area contributed by atoms with E-state index < -0.39 is 11.4 Å². The average molecular weight is 457 g/mol. The van der Waals surface area contributed by atoms with E-state index in [0.29, 0.717) is 23.7 Å². The zero-order valence-electron chi connectivity index (χ0n) is 22.2. The Morgan fingerprint density at radius 2 is 1.61 bits per heavy atom. The molecule has 5 aliphatic carbocycles. The van der Waals surface area contributed by atoms with E-state index in [1.54, 1.807) is 0 Å². The lowest BCUT2D eigenvalue weighted by molar-refractivity contribution is -0.206. The highest BCUT2D eigenvalue weighted by Crippen LogP contribution is 2.75. The van der Waals surface area contributed by atoms with Crippen molar-refractivity contribution in [2.45, 2.75) is 112 Å². The van der Waals surface area contributed by atoms with Gasteiger partial charge in [-0.25, -0.2) is 0 Å². The number of carbonyl (C=O) groups is 1. The van der Waals surface area contributed by atoms with Crippen LogP contribution in [0.5, 0.6) is 0 Å². The summed E-state index contributed by atoms with van der Waals surface area (Å²) in [4.78, 5) is 12.8. The molecule has 0 aromatic heterocycles. The maximum Gasteiger partial charge on any atom is 0.310 e. The van der Waals surface area contributed by atoms with Crippen LogP contribution in [0.25, 0.3) is 0 Å². The molecule has 0 radical (unpaired) electrons. The predicted octanol–water partition coefficient (Wildman–Crippen LogP) is 7.09. The molecule has 0 spiro atoms. The van der Waals surface area contributed by atoms with Crippen LogP contribution in [-0.2, 0) is 4.79 Å². The van der Waals surface area contributed by atoms with Gasteiger partial charge in [-0.1, -0.05) is 60.1 Å². The van der Waals surface area contributed by atoms with E-state index in [4.69, 9.17) is 0 Å². The summed E-state index contributed by atoms with van der Waals surface area (Å²) >= 11 is 0. The van der Waals surface area contributed by atoms with Crippen molar-refractivity contribution in [2.75, 3.05) is 0 Å². The second-order valence-electron chi connectivity index (χ2n) is 14.5. The number of carboxylic acid groups (broad SMARTS) is 1. The van der Waals surface area contributed by atoms with Crippen LogP contribution in [0.15, 0.2) is 11.6 Å². The molecule has 3 nitrogen and oxygen atoms in total. The smallest absolute Gasteiger partial charge is 0.310 e. The van der Waals surface area contributed by atoms with Crippen LogP contribution in [0.4, 0.5) is 0 Å². The molecule has 5 aliphatic rings. The van der Waals surface area contributed by atoms with Gasteiger partial charge in [-0.2, -0.15) is 0 Å². The van der Waals surface area contributed by atoms with Crippen LogP contribution in [-0.4, -0.2) is 22.3 Å². The molecule has 33 heavy (non-hydrogen) atoms. The number of carboxylic acids is 1. The normalized spacial score (nSPS) is 55.3. The third-order valence-corrected chi connectivity index (χ3v) is 13.4. The lowest BCUT2D eigenvalue weighted by Crippen LogP contribution is -2.65. The van der Waals surface area contributed by atoms with Crippen LogP contribution in [0, 0.1) is 56.7 Å². The minimum atomic E-state index is -0.557. The van der Waals surface area contributed by atoms with Gasteiger partial charge in [0.2, 0.25) is 0 Å². The van der Waals surface area contributed by atoms with Gasteiger partial charge < -0.3 is 10.2 Å². The van der Waals surface area contributed by atoms with Gasteiger partial charge in [0.25, 0.3) is 0 Å². The molecule has 0 saturated heterocycles. The van der Waals surface area contributed by atoms with Crippen molar-refractivity contribution in [2.24, 2.45) is 56.7 Å². The lowest BCUT2D eigenvalue weighted by atomic mass is 9.33. The van der Waals surface area contributed by atoms with E-state index in [0.717, 1.165) is 44.9 Å². The van der Waals surface area contributed by atoms with Crippen molar-refractivity contribution in [1.29, 1.82) is 0 Å². The molecule has 0 unspecified atom stereocenters. The van der Waals surface area contributed by atoms with Gasteiger partial charge in [-0.05, 0) is 109 Å². The highest BCUT2D eigenvalue weighted by Gasteiger charge is 2.69. The molecule has 2 N–H and O–H groups in total. The van der Waals surface area contributed by atoms with Crippen molar-refractivity contribution < 1.29 is 15.0 Å². The van der Waals surface area contributed by atoms with E-state index in [1.165, 1.54) is 18.4 Å². The minimum absolute atomic E-state index is 0.0302. The first-order chi connectivity index (χ1) is 15.3. The molecule has 0 amide bonds. The number of aliphatic hydroxyl groups is 1. The second-order valence-corrected chi connectivity index (χ2v) is 14.5. The van der Waals surface area contributed by atoms with Crippen LogP contribution in [0.2, 0.25) is 0 Å². The van der Waals surface area contributed by atoms with Gasteiger partial charge >= 0.3 is 5.97 Å². The largest absolute Gasteiger partial charge is 0.481 e. The number of hydrogen-bond acceptors (Lipinski definition) is 2. The molecule has 4 saturated carbocycles. The molecule has 5 rings (SSSR count). The maximum atomic E-state index is 12.8. The Balaban J connectivity index is 1.61. The standard InChI is InChI=1S/C30H48O3/c1-18-10-15-30(25(32)33)17-16-28(6)20(24(30)19(18)2)8-9-22-27(5)13-12-23(31)26(3,4)21(27)11-14-29(22,28)7/h8,18-19,21-24,31H,9-17H2,1-7H3,(H,32,33)/t18-,19+,21-,22+,23-,24+,27-,28+,29+,30-/m0/s1. The molecule has 4 fully saturated rings. The van der Waals surface area contributed by atoms with Gasteiger partial charge in [0, 0.05) is 0 Å². The van der Waals surface area contributed by atoms with Gasteiger partial charge in [0.15, 0.2) is 0 Å². The summed E-state index contributed by atoms with van der Waals surface area (Å²) in [5, 5.41) is 21.4. The number of fused-ring (bicyclic) bond motifs is 7. The molecular formula is C30H48O3. The SMILES string of the molecule is C[C@@H]1[C@@H](C)CC[C@]2(C(=O)O)CC[C@]3(C)C(=CC[C@@H]4[C@@]5(C)CC[C@H](O)C(C)(C)[C@@H]5CC[C@]43C)[C@@H]12. The Labute approximate surface area is 201 Å². The first-order valence-electron chi connectivity index (χ1n) is 13.9. The minimum Gasteiger partial charge on any atom is -0.481 e. The Kier molecular flexibility index (Phi) is 5.15. The third kappa shape index (κ3) is 2.75. The Bertz CT molecular complexity index is 874. The van der Waals surface area contributed by atoms with Gasteiger partial charge in [-0.3, -0.25) is 4.79 Å². The molecule has 0 aromatic carbocycles. The average Bonchev–Trinajstić information content (AvgIpc) is 2.74. The molecule has 0 bridgehead atoms. The fraction of sp³-hybridized carbons (Fsp3) is 0.900. The molecule has 0 aromatic rings. The van der Waals surface area contributed by atoms with Crippen LogP contribution in [0.3, 0.4) is 0 Å². The number of aliphatic hydroxyl groups excluding tert-OH is 1. The Morgan fingerprint density at radius 3 is 2.27 bits per heavy atom. The van der Waals surface area contributed by atoms with Crippen LogP contribution < -0.4 is 0 Å². The lowest BCUT2D eigenvalue weighted by Gasteiger charge is -2.71. The van der Waals surface area contributed by atoms with Gasteiger partial charge in [-0.15, -0.1) is 0 Å². The maximum absolute atomic E-state index is 12.8. The zero-order valence-corrected chi connectivity index (χ0v) is 22.2. The zero-order chi connectivity index (χ0) is 24.2. The topological polar surface area (TPSA) is 57.5 Å². The van der Waals surface area contributed by atoms with E-state index in [2.05, 4.69) is 54.5 Å². The summed E-state index contributed by atoms with van der Waals surface area (Å²) in [5.74, 6) is 1.82. The molecule has 10 atom stereocenters. The van der Waals surface area contributed by atoms with E-state index >= 15 is 0 Å². The number of hydrogen-bond donors (Lipinski definition) is 2. The summed E-state index contributed by atoms with van der Waals surface area (Å²) in [6, 6.07) is 0. The quantitative estimate of drug-likeness (QED) is 0.414. The van der Waals surface area contributed by atoms with Crippen molar-refractivity contribution in [3.05, 3.63) is 11.6 Å². The van der Waals surface area contributed by atoms with Crippen molar-refractivity contribution >= 4 is 5.97 Å². The highest BCUT2D eigenvalue weighted by molar-refractivity contribution is 5.76. The third-order valence-electron chi connectivity index (χ3n) is 13.4. The van der Waals surface area contributed by atoms with Crippen molar-refractivity contribution in [1.82, 2.24) is 0 Å². The number of rotatable bonds is 1.